The van der Waals surface area contributed by atoms with Gasteiger partial charge >= 0.3 is 5.97 Å². The minimum atomic E-state index is -0.752. The highest BCUT2D eigenvalue weighted by Gasteiger charge is 2.23. The van der Waals surface area contributed by atoms with Crippen molar-refractivity contribution in [1.82, 2.24) is 10.2 Å². The summed E-state index contributed by atoms with van der Waals surface area (Å²) in [6, 6.07) is 0. The van der Waals surface area contributed by atoms with Gasteiger partial charge in [-0.3, -0.25) is 9.89 Å². The summed E-state index contributed by atoms with van der Waals surface area (Å²) in [6.45, 7) is 2.03. The lowest BCUT2D eigenvalue weighted by molar-refractivity contribution is -0.136. The molecule has 2 N–H and O–H groups in total. The molecule has 1 saturated carbocycles. The van der Waals surface area contributed by atoms with Crippen molar-refractivity contribution in [2.75, 3.05) is 0 Å². The van der Waals surface area contributed by atoms with Crippen LogP contribution in [0.4, 0.5) is 0 Å². The highest BCUT2D eigenvalue weighted by Crippen LogP contribution is 2.37. The first kappa shape index (κ1) is 11.2. The molecule has 0 amide bonds. The SMILES string of the molecule is Cc1[nH]nc(CCC(=O)O)c1C1CCCC1. The summed E-state index contributed by atoms with van der Waals surface area (Å²) in [5, 5.41) is 15.9. The number of hydrogen-bond donors (Lipinski definition) is 2. The normalized spacial score (nSPS) is 16.8. The van der Waals surface area contributed by atoms with E-state index in [0.717, 1.165) is 11.4 Å². The lowest BCUT2D eigenvalue weighted by Gasteiger charge is -2.10. The number of nitrogens with zero attached hydrogens (tertiary/aromatic N) is 1. The molecule has 4 heteroatoms. The second kappa shape index (κ2) is 4.68. The zero-order valence-electron chi connectivity index (χ0n) is 9.62. The molecule has 0 saturated heterocycles. The van der Waals surface area contributed by atoms with Gasteiger partial charge in [0.1, 0.15) is 0 Å². The number of rotatable bonds is 4. The Morgan fingerprint density at radius 3 is 2.81 bits per heavy atom. The molecule has 0 aromatic carbocycles. The fraction of sp³-hybridized carbons (Fsp3) is 0.667. The van der Waals surface area contributed by atoms with Gasteiger partial charge in [0.25, 0.3) is 0 Å². The number of hydrogen-bond acceptors (Lipinski definition) is 2. The fourth-order valence-corrected chi connectivity index (χ4v) is 2.66. The molecule has 1 aromatic rings. The summed E-state index contributed by atoms with van der Waals surface area (Å²) in [4.78, 5) is 10.6. The van der Waals surface area contributed by atoms with Crippen LogP contribution in [0.15, 0.2) is 0 Å². The van der Waals surface area contributed by atoms with Gasteiger partial charge in [-0.1, -0.05) is 12.8 Å². The molecule has 0 atom stereocenters. The number of carboxylic acids is 1. The number of carboxylic acid groups (broad SMARTS) is 1. The van der Waals surface area contributed by atoms with Crippen LogP contribution in [0.3, 0.4) is 0 Å². The van der Waals surface area contributed by atoms with Crippen molar-refractivity contribution in [3.05, 3.63) is 17.0 Å². The van der Waals surface area contributed by atoms with E-state index in [1.807, 2.05) is 6.92 Å². The van der Waals surface area contributed by atoms with Gasteiger partial charge in [-0.15, -0.1) is 0 Å². The quantitative estimate of drug-likeness (QED) is 0.822. The van der Waals surface area contributed by atoms with Gasteiger partial charge in [-0.25, -0.2) is 0 Å². The Hall–Kier alpha value is -1.32. The summed E-state index contributed by atoms with van der Waals surface area (Å²) in [6.07, 6.45) is 5.73. The van der Waals surface area contributed by atoms with Crippen molar-refractivity contribution in [3.8, 4) is 0 Å². The number of carbonyl (C=O) groups is 1. The number of aromatic amines is 1. The van der Waals surface area contributed by atoms with E-state index in [1.54, 1.807) is 0 Å². The van der Waals surface area contributed by atoms with E-state index in [4.69, 9.17) is 5.11 Å². The van der Waals surface area contributed by atoms with E-state index in [1.165, 1.54) is 31.2 Å². The molecule has 16 heavy (non-hydrogen) atoms. The van der Waals surface area contributed by atoms with Crippen LogP contribution in [0.1, 0.15) is 55.0 Å². The molecule has 0 spiro atoms. The highest BCUT2D eigenvalue weighted by atomic mass is 16.4. The lowest BCUT2D eigenvalue weighted by Crippen LogP contribution is -2.02. The second-order valence-corrected chi connectivity index (χ2v) is 4.58. The van der Waals surface area contributed by atoms with Crippen molar-refractivity contribution in [2.24, 2.45) is 0 Å². The number of nitrogens with one attached hydrogen (secondary N) is 1. The maximum atomic E-state index is 10.6. The minimum Gasteiger partial charge on any atom is -0.481 e. The summed E-state index contributed by atoms with van der Waals surface area (Å²) in [5.74, 6) is -0.152. The van der Waals surface area contributed by atoms with E-state index in [9.17, 15) is 4.79 Å². The van der Waals surface area contributed by atoms with Gasteiger partial charge in [0.2, 0.25) is 0 Å². The Balaban J connectivity index is 2.14. The number of H-pyrrole nitrogens is 1. The first-order valence-corrected chi connectivity index (χ1v) is 5.94. The summed E-state index contributed by atoms with van der Waals surface area (Å²) in [7, 11) is 0. The van der Waals surface area contributed by atoms with Crippen LogP contribution >= 0.6 is 0 Å². The number of aliphatic carboxylic acids is 1. The van der Waals surface area contributed by atoms with Crippen molar-refractivity contribution in [3.63, 3.8) is 0 Å². The van der Waals surface area contributed by atoms with Crippen LogP contribution in [0.2, 0.25) is 0 Å². The Labute approximate surface area is 95.1 Å². The zero-order valence-corrected chi connectivity index (χ0v) is 9.62. The smallest absolute Gasteiger partial charge is 0.303 e. The first-order chi connectivity index (χ1) is 7.68. The van der Waals surface area contributed by atoms with E-state index < -0.39 is 5.97 Å². The zero-order chi connectivity index (χ0) is 11.5. The number of aryl methyl sites for hydroxylation is 2. The van der Waals surface area contributed by atoms with Crippen molar-refractivity contribution in [1.29, 1.82) is 0 Å². The van der Waals surface area contributed by atoms with Crippen molar-refractivity contribution < 1.29 is 9.90 Å². The third-order valence-electron chi connectivity index (χ3n) is 3.41. The van der Waals surface area contributed by atoms with Crippen LogP contribution in [-0.4, -0.2) is 21.3 Å². The Bertz CT molecular complexity index is 378. The second-order valence-electron chi connectivity index (χ2n) is 4.58. The highest BCUT2D eigenvalue weighted by molar-refractivity contribution is 5.67. The molecule has 1 fully saturated rings. The topological polar surface area (TPSA) is 66.0 Å². The molecule has 88 valence electrons. The molecular formula is C12H18N2O2. The average Bonchev–Trinajstić information content (AvgIpc) is 2.83. The largest absolute Gasteiger partial charge is 0.481 e. The van der Waals surface area contributed by atoms with E-state index >= 15 is 0 Å². The Kier molecular flexibility index (Phi) is 3.27. The van der Waals surface area contributed by atoms with Crippen LogP contribution in [0.5, 0.6) is 0 Å². The molecule has 1 aromatic heterocycles. The van der Waals surface area contributed by atoms with E-state index in [2.05, 4.69) is 10.2 Å². The van der Waals surface area contributed by atoms with Crippen LogP contribution in [0.25, 0.3) is 0 Å². The standard InChI is InChI=1S/C12H18N2O2/c1-8-12(9-4-2-3-5-9)10(14-13-8)6-7-11(15)16/h9H,2-7H2,1H3,(H,13,14)(H,15,16). The van der Waals surface area contributed by atoms with Gasteiger partial charge < -0.3 is 5.11 Å². The van der Waals surface area contributed by atoms with Gasteiger partial charge in [-0.2, -0.15) is 5.10 Å². The maximum Gasteiger partial charge on any atom is 0.303 e. The summed E-state index contributed by atoms with van der Waals surface area (Å²) < 4.78 is 0. The van der Waals surface area contributed by atoms with Gasteiger partial charge in [-0.05, 0) is 31.2 Å². The van der Waals surface area contributed by atoms with Gasteiger partial charge in [0, 0.05) is 12.1 Å². The molecule has 2 rings (SSSR count). The average molecular weight is 222 g/mol. The Morgan fingerprint density at radius 2 is 2.19 bits per heavy atom. The maximum absolute atomic E-state index is 10.6. The molecule has 0 radical (unpaired) electrons. The van der Waals surface area contributed by atoms with Crippen molar-refractivity contribution >= 4 is 5.97 Å². The predicted octanol–water partition coefficient (Wildman–Crippen LogP) is 2.39. The van der Waals surface area contributed by atoms with Crippen LogP contribution in [-0.2, 0) is 11.2 Å². The third kappa shape index (κ3) is 2.26. The molecule has 1 heterocycles. The third-order valence-corrected chi connectivity index (χ3v) is 3.41. The monoisotopic (exact) mass is 222 g/mol. The van der Waals surface area contributed by atoms with Gasteiger partial charge in [0.15, 0.2) is 0 Å². The van der Waals surface area contributed by atoms with Crippen molar-refractivity contribution in [2.45, 2.75) is 51.4 Å². The predicted molar refractivity (Wildman–Crippen MR) is 60.5 cm³/mol. The summed E-state index contributed by atoms with van der Waals surface area (Å²) in [5.41, 5.74) is 3.37. The molecule has 1 aliphatic rings. The van der Waals surface area contributed by atoms with E-state index in [-0.39, 0.29) is 6.42 Å². The van der Waals surface area contributed by atoms with E-state index in [0.29, 0.717) is 12.3 Å². The molecule has 0 bridgehead atoms. The lowest BCUT2D eigenvalue weighted by atomic mass is 9.94. The molecule has 0 unspecified atom stereocenters. The Morgan fingerprint density at radius 1 is 1.50 bits per heavy atom. The fourth-order valence-electron chi connectivity index (χ4n) is 2.66. The summed E-state index contributed by atoms with van der Waals surface area (Å²) >= 11 is 0. The number of aromatic nitrogens is 2. The molecule has 0 aliphatic heterocycles. The van der Waals surface area contributed by atoms with Gasteiger partial charge in [0.05, 0.1) is 12.1 Å². The molecule has 4 nitrogen and oxygen atoms in total. The van der Waals surface area contributed by atoms with Crippen LogP contribution < -0.4 is 0 Å². The van der Waals surface area contributed by atoms with Crippen LogP contribution in [0, 0.1) is 6.92 Å². The molecule has 1 aliphatic carbocycles. The molecular weight excluding hydrogens is 204 g/mol. The minimum absolute atomic E-state index is 0.171. The first-order valence-electron chi connectivity index (χ1n) is 5.94.